The summed E-state index contributed by atoms with van der Waals surface area (Å²) in [6.07, 6.45) is 3.75. The number of carbonyl (C=O) groups excluding carboxylic acids is 2. The van der Waals surface area contributed by atoms with Gasteiger partial charge in [0.1, 0.15) is 0 Å². The molecule has 0 bridgehead atoms. The molecule has 26 heavy (non-hydrogen) atoms. The highest BCUT2D eigenvalue weighted by Crippen LogP contribution is 2.31. The van der Waals surface area contributed by atoms with Crippen LogP contribution in [-0.4, -0.2) is 50.4 Å². The van der Waals surface area contributed by atoms with Gasteiger partial charge in [0.05, 0.1) is 22.9 Å². The van der Waals surface area contributed by atoms with Gasteiger partial charge in [0, 0.05) is 31.7 Å². The van der Waals surface area contributed by atoms with Crippen LogP contribution in [0.1, 0.15) is 25.7 Å². The van der Waals surface area contributed by atoms with E-state index in [0.29, 0.717) is 48.7 Å². The number of carbonyl (C=O) groups is 2. The van der Waals surface area contributed by atoms with Crippen molar-refractivity contribution in [3.63, 3.8) is 0 Å². The lowest BCUT2D eigenvalue weighted by atomic mass is 9.98. The number of benzene rings is 1. The second kappa shape index (κ2) is 7.54. The smallest absolute Gasteiger partial charge is 0.228 e. The number of anilines is 2. The molecule has 2 fully saturated rings. The van der Waals surface area contributed by atoms with Crippen molar-refractivity contribution < 1.29 is 18.0 Å². The van der Waals surface area contributed by atoms with Crippen LogP contribution in [0, 0.1) is 5.92 Å². The largest absolute Gasteiger partial charge is 0.324 e. The molecule has 2 aliphatic heterocycles. The summed E-state index contributed by atoms with van der Waals surface area (Å²) in [6, 6.07) is 5.11. The predicted molar refractivity (Wildman–Crippen MR) is 101 cm³/mol. The molecule has 3 rings (SSSR count). The van der Waals surface area contributed by atoms with Crippen LogP contribution < -0.4 is 10.2 Å². The minimum absolute atomic E-state index is 0.0562. The molecule has 0 aliphatic carbocycles. The molecule has 2 amide bonds. The first-order chi connectivity index (χ1) is 12.3. The Bertz CT molecular complexity index is 827. The third-order valence-electron chi connectivity index (χ3n) is 4.82. The summed E-state index contributed by atoms with van der Waals surface area (Å²) in [6.45, 7) is 1.27. The lowest BCUT2D eigenvalue weighted by molar-refractivity contribution is -0.121. The van der Waals surface area contributed by atoms with Crippen molar-refractivity contribution in [2.45, 2.75) is 25.7 Å². The van der Waals surface area contributed by atoms with Crippen molar-refractivity contribution in [2.24, 2.45) is 5.92 Å². The standard InChI is InChI=1S/C17H22ClN3O4S/c1-26(24,25)20-8-2-4-12(11-20)17(23)19-15-10-13(6-7-14(15)18)21-9-3-5-16(21)22/h6-7,10,12H,2-5,8-9,11H2,1H3,(H,19,23). The maximum Gasteiger partial charge on any atom is 0.228 e. The van der Waals surface area contributed by atoms with Crippen molar-refractivity contribution in [1.29, 1.82) is 0 Å². The Balaban J connectivity index is 1.73. The van der Waals surface area contributed by atoms with Crippen molar-refractivity contribution in [1.82, 2.24) is 4.31 Å². The van der Waals surface area contributed by atoms with Crippen LogP contribution in [0.2, 0.25) is 5.02 Å². The highest BCUT2D eigenvalue weighted by Gasteiger charge is 2.30. The van der Waals surface area contributed by atoms with E-state index < -0.39 is 15.9 Å². The highest BCUT2D eigenvalue weighted by molar-refractivity contribution is 7.88. The Morgan fingerprint density at radius 3 is 2.69 bits per heavy atom. The van der Waals surface area contributed by atoms with Crippen LogP contribution in [-0.2, 0) is 19.6 Å². The second-order valence-electron chi connectivity index (χ2n) is 6.76. The molecule has 2 saturated heterocycles. The first-order valence-corrected chi connectivity index (χ1v) is 10.8. The molecule has 1 atom stereocenters. The van der Waals surface area contributed by atoms with E-state index >= 15 is 0 Å². The first-order valence-electron chi connectivity index (χ1n) is 8.61. The molecule has 7 nitrogen and oxygen atoms in total. The molecule has 0 saturated carbocycles. The number of amides is 2. The van der Waals surface area contributed by atoms with Gasteiger partial charge in [-0.25, -0.2) is 12.7 Å². The topological polar surface area (TPSA) is 86.8 Å². The summed E-state index contributed by atoms with van der Waals surface area (Å²) >= 11 is 6.20. The summed E-state index contributed by atoms with van der Waals surface area (Å²) in [5.41, 5.74) is 1.14. The average Bonchev–Trinajstić information content (AvgIpc) is 3.02. The van der Waals surface area contributed by atoms with Crippen molar-refractivity contribution >= 4 is 44.8 Å². The van der Waals surface area contributed by atoms with Crippen LogP contribution in [0.3, 0.4) is 0 Å². The summed E-state index contributed by atoms with van der Waals surface area (Å²) < 4.78 is 24.8. The van der Waals surface area contributed by atoms with Crippen molar-refractivity contribution in [3.05, 3.63) is 23.2 Å². The highest BCUT2D eigenvalue weighted by atomic mass is 35.5. The third kappa shape index (κ3) is 4.19. The van der Waals surface area contributed by atoms with Gasteiger partial charge in [-0.3, -0.25) is 9.59 Å². The van der Waals surface area contributed by atoms with E-state index in [0.717, 1.165) is 12.7 Å². The molecule has 1 aromatic carbocycles. The van der Waals surface area contributed by atoms with Gasteiger partial charge in [-0.15, -0.1) is 0 Å². The quantitative estimate of drug-likeness (QED) is 0.839. The molecule has 1 N–H and O–H groups in total. The molecule has 1 unspecified atom stereocenters. The molecule has 142 valence electrons. The Morgan fingerprint density at radius 1 is 1.27 bits per heavy atom. The number of nitrogens with one attached hydrogen (secondary N) is 1. The number of nitrogens with zero attached hydrogens (tertiary/aromatic N) is 2. The predicted octanol–water partition coefficient (Wildman–Crippen LogP) is 2.08. The van der Waals surface area contributed by atoms with E-state index in [1.54, 1.807) is 23.1 Å². The average molecular weight is 400 g/mol. The van der Waals surface area contributed by atoms with Crippen molar-refractivity contribution in [2.75, 3.05) is 36.1 Å². The second-order valence-corrected chi connectivity index (χ2v) is 9.15. The Labute approximate surface area is 158 Å². The fourth-order valence-electron chi connectivity index (χ4n) is 3.39. The number of sulfonamides is 1. The van der Waals surface area contributed by atoms with Gasteiger partial charge < -0.3 is 10.2 Å². The van der Waals surface area contributed by atoms with Crippen LogP contribution in [0.25, 0.3) is 0 Å². The number of hydrogen-bond donors (Lipinski definition) is 1. The number of hydrogen-bond acceptors (Lipinski definition) is 4. The zero-order chi connectivity index (χ0) is 18.9. The van der Waals surface area contributed by atoms with E-state index in [1.165, 1.54) is 4.31 Å². The SMILES string of the molecule is CS(=O)(=O)N1CCCC(C(=O)Nc2cc(N3CCCC3=O)ccc2Cl)C1. The first kappa shape index (κ1) is 19.1. The Morgan fingerprint density at radius 2 is 2.04 bits per heavy atom. The van der Waals surface area contributed by atoms with Gasteiger partial charge in [0.15, 0.2) is 0 Å². The summed E-state index contributed by atoms with van der Waals surface area (Å²) in [5.74, 6) is -0.627. The van der Waals surface area contributed by atoms with Gasteiger partial charge in [0.25, 0.3) is 0 Å². The monoisotopic (exact) mass is 399 g/mol. The van der Waals surface area contributed by atoms with Crippen LogP contribution in [0.5, 0.6) is 0 Å². The van der Waals surface area contributed by atoms with Crippen LogP contribution in [0.4, 0.5) is 11.4 Å². The minimum atomic E-state index is -3.31. The molecular weight excluding hydrogens is 378 g/mol. The van der Waals surface area contributed by atoms with Gasteiger partial charge in [-0.2, -0.15) is 0 Å². The molecule has 0 spiro atoms. The normalized spacial score (nSPS) is 21.8. The van der Waals surface area contributed by atoms with E-state index in [2.05, 4.69) is 5.32 Å². The number of halogens is 1. The molecule has 0 aromatic heterocycles. The van der Waals surface area contributed by atoms with E-state index in [-0.39, 0.29) is 18.4 Å². The lowest BCUT2D eigenvalue weighted by Crippen LogP contribution is -2.43. The Hall–Kier alpha value is -1.64. The molecular formula is C17H22ClN3O4S. The molecule has 9 heteroatoms. The minimum Gasteiger partial charge on any atom is -0.324 e. The fraction of sp³-hybridized carbons (Fsp3) is 0.529. The number of rotatable bonds is 4. The maximum absolute atomic E-state index is 12.6. The van der Waals surface area contributed by atoms with E-state index in [1.807, 2.05) is 0 Å². The molecule has 1 aromatic rings. The summed E-state index contributed by atoms with van der Waals surface area (Å²) in [4.78, 5) is 26.2. The van der Waals surface area contributed by atoms with Crippen LogP contribution in [0.15, 0.2) is 18.2 Å². The lowest BCUT2D eigenvalue weighted by Gasteiger charge is -2.30. The van der Waals surface area contributed by atoms with E-state index in [9.17, 15) is 18.0 Å². The van der Waals surface area contributed by atoms with Gasteiger partial charge in [-0.05, 0) is 37.5 Å². The molecule has 2 aliphatic rings. The van der Waals surface area contributed by atoms with Gasteiger partial charge in [0.2, 0.25) is 21.8 Å². The maximum atomic E-state index is 12.6. The van der Waals surface area contributed by atoms with E-state index in [4.69, 9.17) is 11.6 Å². The van der Waals surface area contributed by atoms with Gasteiger partial charge in [-0.1, -0.05) is 11.6 Å². The van der Waals surface area contributed by atoms with Crippen molar-refractivity contribution in [3.8, 4) is 0 Å². The third-order valence-corrected chi connectivity index (χ3v) is 6.42. The van der Waals surface area contributed by atoms with Crippen LogP contribution >= 0.6 is 11.6 Å². The fourth-order valence-corrected chi connectivity index (χ4v) is 4.47. The van der Waals surface area contributed by atoms with Gasteiger partial charge >= 0.3 is 0 Å². The molecule has 2 heterocycles. The zero-order valence-electron chi connectivity index (χ0n) is 14.6. The summed E-state index contributed by atoms with van der Waals surface area (Å²) in [7, 11) is -3.31. The Kier molecular flexibility index (Phi) is 5.55. The zero-order valence-corrected chi connectivity index (χ0v) is 16.1. The summed E-state index contributed by atoms with van der Waals surface area (Å²) in [5, 5.41) is 3.18. The molecule has 0 radical (unpaired) electrons. The number of piperidine rings is 1.